The summed E-state index contributed by atoms with van der Waals surface area (Å²) < 4.78 is 2.05. The summed E-state index contributed by atoms with van der Waals surface area (Å²) in [5, 5.41) is 14.8. The summed E-state index contributed by atoms with van der Waals surface area (Å²) in [6.07, 6.45) is 6.14. The normalized spacial score (nSPS) is 15.6. The van der Waals surface area contributed by atoms with Gasteiger partial charge in [-0.05, 0) is 86.7 Å². The van der Waals surface area contributed by atoms with Gasteiger partial charge in [0.15, 0.2) is 11.6 Å². The summed E-state index contributed by atoms with van der Waals surface area (Å²) in [7, 11) is 0. The van der Waals surface area contributed by atoms with Gasteiger partial charge in [-0.2, -0.15) is 0 Å². The molecular formula is C27H31N5OS. The molecule has 1 unspecified atom stereocenters. The molecule has 0 aliphatic carbocycles. The summed E-state index contributed by atoms with van der Waals surface area (Å²) in [5.74, 6) is 1.64. The Morgan fingerprint density at radius 1 is 1.09 bits per heavy atom. The maximum atomic E-state index is 9.80. The lowest BCUT2D eigenvalue weighted by Crippen LogP contribution is -2.35. The molecule has 3 aromatic heterocycles. The molecule has 1 fully saturated rings. The lowest BCUT2D eigenvalue weighted by atomic mass is 10.1. The minimum Gasteiger partial charge on any atom is -0.393 e. The van der Waals surface area contributed by atoms with E-state index in [0.717, 1.165) is 60.0 Å². The molecule has 0 saturated carbocycles. The maximum Gasteiger partial charge on any atom is 0.181 e. The Hall–Kier alpha value is -3.03. The molecule has 1 atom stereocenters. The number of aliphatic hydroxyl groups is 1. The summed E-state index contributed by atoms with van der Waals surface area (Å²) in [4.78, 5) is 14.0. The highest BCUT2D eigenvalue weighted by molar-refractivity contribution is 7.15. The second-order valence-corrected chi connectivity index (χ2v) is 10.2. The molecule has 1 aliphatic heterocycles. The van der Waals surface area contributed by atoms with Crippen LogP contribution in [-0.4, -0.2) is 44.0 Å². The fraction of sp³-hybridized carbons (Fsp3) is 0.370. The largest absolute Gasteiger partial charge is 0.393 e. The highest BCUT2D eigenvalue weighted by Crippen LogP contribution is 2.34. The van der Waals surface area contributed by atoms with Gasteiger partial charge in [-0.15, -0.1) is 16.4 Å². The van der Waals surface area contributed by atoms with Gasteiger partial charge in [-0.25, -0.2) is 9.67 Å². The molecule has 7 heteroatoms. The molecule has 176 valence electrons. The Kier molecular flexibility index (Phi) is 6.48. The van der Waals surface area contributed by atoms with Crippen molar-refractivity contribution in [3.63, 3.8) is 0 Å². The molecular weight excluding hydrogens is 442 g/mol. The highest BCUT2D eigenvalue weighted by atomic mass is 32.1. The second-order valence-electron chi connectivity index (χ2n) is 8.97. The van der Waals surface area contributed by atoms with E-state index in [0.29, 0.717) is 0 Å². The van der Waals surface area contributed by atoms with Crippen molar-refractivity contribution in [1.29, 1.82) is 0 Å². The number of aryl methyl sites for hydroxylation is 2. The van der Waals surface area contributed by atoms with Crippen molar-refractivity contribution in [2.24, 2.45) is 0 Å². The predicted octanol–water partition coefficient (Wildman–Crippen LogP) is 5.51. The molecule has 34 heavy (non-hydrogen) atoms. The van der Waals surface area contributed by atoms with Gasteiger partial charge in [0.1, 0.15) is 0 Å². The van der Waals surface area contributed by atoms with Crippen molar-refractivity contribution in [3.05, 3.63) is 70.9 Å². The molecule has 0 radical (unpaired) electrons. The summed E-state index contributed by atoms with van der Waals surface area (Å²) in [6, 6.07) is 14.9. The average molecular weight is 474 g/mol. The summed E-state index contributed by atoms with van der Waals surface area (Å²) >= 11 is 1.79. The zero-order valence-corrected chi connectivity index (χ0v) is 20.8. The second kappa shape index (κ2) is 9.68. The molecule has 1 saturated heterocycles. The smallest absolute Gasteiger partial charge is 0.181 e. The molecule has 1 N–H and O–H groups in total. The van der Waals surface area contributed by atoms with Crippen LogP contribution in [0.5, 0.6) is 0 Å². The molecule has 0 bridgehead atoms. The summed E-state index contributed by atoms with van der Waals surface area (Å²) in [6.45, 7) is 8.31. The van der Waals surface area contributed by atoms with Crippen molar-refractivity contribution in [2.75, 3.05) is 18.0 Å². The van der Waals surface area contributed by atoms with Crippen molar-refractivity contribution in [2.45, 2.75) is 52.2 Å². The number of thiophene rings is 1. The van der Waals surface area contributed by atoms with Gasteiger partial charge in [-0.3, -0.25) is 4.98 Å². The first-order chi connectivity index (χ1) is 16.5. The van der Waals surface area contributed by atoms with E-state index in [-0.39, 0.29) is 12.1 Å². The van der Waals surface area contributed by atoms with E-state index in [2.05, 4.69) is 65.7 Å². The van der Waals surface area contributed by atoms with Crippen LogP contribution in [0.1, 0.15) is 48.7 Å². The van der Waals surface area contributed by atoms with Crippen molar-refractivity contribution >= 4 is 17.0 Å². The predicted molar refractivity (Wildman–Crippen MR) is 138 cm³/mol. The van der Waals surface area contributed by atoms with Crippen LogP contribution in [0, 0.1) is 6.92 Å². The number of rotatable bonds is 6. The number of hydrogen-bond donors (Lipinski definition) is 1. The molecule has 0 amide bonds. The Balaban J connectivity index is 1.51. The zero-order chi connectivity index (χ0) is 23.7. The van der Waals surface area contributed by atoms with Crippen LogP contribution in [0.4, 0.5) is 5.69 Å². The standard InChI is InChI=1S/C27H31N5OS/c1-4-20-17-25(34-19(20)3)27-29-26(30-32(27)18(2)21-9-13-28-14-10-21)22-5-7-23(8-6-22)31-15-11-24(33)12-16-31/h5-10,13-14,17-18,24,33H,4,11-12,15-16H2,1-3H3. The SMILES string of the molecule is CCc1cc(-c2nc(-c3ccc(N4CCC(O)CC4)cc3)nn2C(C)c2ccncc2)sc1C. The van der Waals surface area contributed by atoms with Crippen LogP contribution >= 0.6 is 11.3 Å². The van der Waals surface area contributed by atoms with Gasteiger partial charge >= 0.3 is 0 Å². The minimum atomic E-state index is -0.168. The fourth-order valence-electron chi connectivity index (χ4n) is 4.59. The quantitative estimate of drug-likeness (QED) is 0.400. The van der Waals surface area contributed by atoms with E-state index in [9.17, 15) is 5.11 Å². The van der Waals surface area contributed by atoms with E-state index < -0.39 is 0 Å². The third-order valence-electron chi connectivity index (χ3n) is 6.76. The third-order valence-corrected chi connectivity index (χ3v) is 7.85. The Morgan fingerprint density at radius 3 is 2.44 bits per heavy atom. The van der Waals surface area contributed by atoms with Crippen LogP contribution in [0.25, 0.3) is 22.1 Å². The number of nitrogens with zero attached hydrogens (tertiary/aromatic N) is 5. The first-order valence-corrected chi connectivity index (χ1v) is 12.8. The maximum absolute atomic E-state index is 9.80. The molecule has 4 heterocycles. The lowest BCUT2D eigenvalue weighted by molar-refractivity contribution is 0.145. The highest BCUT2D eigenvalue weighted by Gasteiger charge is 2.22. The van der Waals surface area contributed by atoms with E-state index in [1.807, 2.05) is 24.5 Å². The molecule has 1 aromatic carbocycles. The molecule has 4 aromatic rings. The molecule has 1 aliphatic rings. The Morgan fingerprint density at radius 2 is 1.79 bits per heavy atom. The number of aliphatic hydroxyl groups excluding tert-OH is 1. The van der Waals surface area contributed by atoms with E-state index in [1.165, 1.54) is 16.1 Å². The van der Waals surface area contributed by atoms with Gasteiger partial charge in [0.05, 0.1) is 17.0 Å². The average Bonchev–Trinajstić information content (AvgIpc) is 3.48. The van der Waals surface area contributed by atoms with Gasteiger partial charge in [0, 0.05) is 41.6 Å². The van der Waals surface area contributed by atoms with Crippen LogP contribution < -0.4 is 4.90 Å². The van der Waals surface area contributed by atoms with E-state index in [4.69, 9.17) is 10.1 Å². The van der Waals surface area contributed by atoms with Crippen LogP contribution in [-0.2, 0) is 6.42 Å². The summed E-state index contributed by atoms with van der Waals surface area (Å²) in [5.41, 5.74) is 4.71. The first kappa shape index (κ1) is 22.7. The zero-order valence-electron chi connectivity index (χ0n) is 20.0. The van der Waals surface area contributed by atoms with Crippen LogP contribution in [0.3, 0.4) is 0 Å². The molecule has 0 spiro atoms. The first-order valence-electron chi connectivity index (χ1n) is 12.0. The number of benzene rings is 1. The van der Waals surface area contributed by atoms with Crippen LogP contribution in [0.15, 0.2) is 54.9 Å². The van der Waals surface area contributed by atoms with Crippen molar-refractivity contribution in [1.82, 2.24) is 19.7 Å². The van der Waals surface area contributed by atoms with Crippen molar-refractivity contribution in [3.8, 4) is 22.1 Å². The van der Waals surface area contributed by atoms with Crippen molar-refractivity contribution < 1.29 is 5.11 Å². The molecule has 5 rings (SSSR count). The monoisotopic (exact) mass is 473 g/mol. The number of pyridine rings is 1. The fourth-order valence-corrected chi connectivity index (χ4v) is 5.69. The minimum absolute atomic E-state index is 0.0331. The van der Waals surface area contributed by atoms with E-state index >= 15 is 0 Å². The number of aromatic nitrogens is 4. The Labute approximate surface area is 204 Å². The van der Waals surface area contributed by atoms with Gasteiger partial charge < -0.3 is 10.0 Å². The topological polar surface area (TPSA) is 67.1 Å². The number of anilines is 1. The van der Waals surface area contributed by atoms with Crippen LogP contribution in [0.2, 0.25) is 0 Å². The third kappa shape index (κ3) is 4.50. The van der Waals surface area contributed by atoms with Gasteiger partial charge in [-0.1, -0.05) is 6.92 Å². The van der Waals surface area contributed by atoms with Gasteiger partial charge in [0.2, 0.25) is 0 Å². The Bertz CT molecular complexity index is 1240. The number of piperidine rings is 1. The lowest BCUT2D eigenvalue weighted by Gasteiger charge is -2.31. The number of hydrogen-bond acceptors (Lipinski definition) is 6. The van der Waals surface area contributed by atoms with E-state index in [1.54, 1.807) is 11.3 Å². The van der Waals surface area contributed by atoms with Gasteiger partial charge in [0.25, 0.3) is 0 Å². The molecule has 6 nitrogen and oxygen atoms in total.